The lowest BCUT2D eigenvalue weighted by Gasteiger charge is -2.27. The molecule has 0 saturated heterocycles. The number of nitrogens with one attached hydrogen (secondary N) is 1. The molecule has 4 unspecified atom stereocenters. The average molecular weight is 794 g/mol. The Kier molecular flexibility index (Phi) is 44.4. The van der Waals surface area contributed by atoms with E-state index in [1.807, 2.05) is 0 Å². The summed E-state index contributed by atoms with van der Waals surface area (Å²) in [6, 6.07) is -0.997. The molecule has 6 heteroatoms. The number of hydrogen-bond donors (Lipinski definition) is 5. The first-order chi connectivity index (χ1) is 27.5. The number of amides is 1. The summed E-state index contributed by atoms with van der Waals surface area (Å²) in [4.78, 5) is 12.5. The minimum absolute atomic E-state index is 0.368. The van der Waals surface area contributed by atoms with E-state index < -0.39 is 36.9 Å². The molecule has 0 fully saturated rings. The SMILES string of the molecule is CCCCCCCCCCCCCCCCCCCCC/C=C/CCCC(O)C(O)C(CO)NC(=O)C(O)CCCCCCCCCCCCCCCCCC. The lowest BCUT2D eigenvalue weighted by atomic mass is 10.00. The molecule has 0 spiro atoms. The predicted molar refractivity (Wildman–Crippen MR) is 242 cm³/mol. The quantitative estimate of drug-likeness (QED) is 0.0311. The first kappa shape index (κ1) is 55.0. The maximum atomic E-state index is 12.5. The average Bonchev–Trinajstić information content (AvgIpc) is 3.20. The van der Waals surface area contributed by atoms with E-state index in [1.165, 1.54) is 205 Å². The molecule has 0 aromatic rings. The van der Waals surface area contributed by atoms with Gasteiger partial charge < -0.3 is 25.7 Å². The third-order valence-corrected chi connectivity index (χ3v) is 12.0. The van der Waals surface area contributed by atoms with Gasteiger partial charge in [-0.15, -0.1) is 0 Å². The molecule has 0 heterocycles. The van der Waals surface area contributed by atoms with Crippen molar-refractivity contribution in [2.45, 2.75) is 295 Å². The zero-order chi connectivity index (χ0) is 41.0. The molecule has 0 bridgehead atoms. The molecule has 0 rings (SSSR count). The summed E-state index contributed by atoms with van der Waals surface area (Å²) in [6.45, 7) is 4.07. The summed E-state index contributed by atoms with van der Waals surface area (Å²) < 4.78 is 0. The number of carbonyl (C=O) groups is 1. The zero-order valence-electron chi connectivity index (χ0n) is 37.7. The fourth-order valence-corrected chi connectivity index (χ4v) is 7.99. The molecule has 0 radical (unpaired) electrons. The summed E-state index contributed by atoms with van der Waals surface area (Å²) in [5.74, 6) is -0.589. The number of unbranched alkanes of at least 4 members (excludes halogenated alkanes) is 35. The summed E-state index contributed by atoms with van der Waals surface area (Å²) in [7, 11) is 0. The van der Waals surface area contributed by atoms with Gasteiger partial charge >= 0.3 is 0 Å². The van der Waals surface area contributed by atoms with Crippen molar-refractivity contribution in [1.29, 1.82) is 0 Å². The highest BCUT2D eigenvalue weighted by atomic mass is 16.3. The Hall–Kier alpha value is -0.950. The molecular formula is C50H99NO5. The van der Waals surface area contributed by atoms with E-state index in [0.29, 0.717) is 12.8 Å². The van der Waals surface area contributed by atoms with E-state index in [1.54, 1.807) is 0 Å². The van der Waals surface area contributed by atoms with Gasteiger partial charge in [0, 0.05) is 0 Å². The standard InChI is InChI=1S/C50H99NO5/c1-3-5-7-9-11-13-15-17-19-21-22-23-24-25-26-27-28-30-31-33-35-37-39-41-43-47(53)49(55)46(45-52)51-50(56)48(54)44-42-40-38-36-34-32-29-20-18-16-14-12-10-8-6-4-2/h35,37,46-49,52-55H,3-34,36,38-45H2,1-2H3,(H,51,56)/b37-35+. The van der Waals surface area contributed by atoms with Crippen LogP contribution in [0.15, 0.2) is 12.2 Å². The largest absolute Gasteiger partial charge is 0.394 e. The van der Waals surface area contributed by atoms with Gasteiger partial charge in [0.25, 0.3) is 0 Å². The van der Waals surface area contributed by atoms with Gasteiger partial charge in [-0.25, -0.2) is 0 Å². The number of rotatable bonds is 46. The van der Waals surface area contributed by atoms with Crippen LogP contribution < -0.4 is 5.32 Å². The lowest BCUT2D eigenvalue weighted by molar-refractivity contribution is -0.132. The monoisotopic (exact) mass is 794 g/mol. The highest BCUT2D eigenvalue weighted by Gasteiger charge is 2.28. The number of hydrogen-bond acceptors (Lipinski definition) is 5. The second kappa shape index (κ2) is 45.1. The van der Waals surface area contributed by atoms with Gasteiger partial charge in [-0.3, -0.25) is 4.79 Å². The van der Waals surface area contributed by atoms with Crippen LogP contribution in [-0.4, -0.2) is 57.3 Å². The first-order valence-electron chi connectivity index (χ1n) is 25.1. The van der Waals surface area contributed by atoms with Crippen LogP contribution in [0.25, 0.3) is 0 Å². The van der Waals surface area contributed by atoms with Crippen LogP contribution in [0.1, 0.15) is 271 Å². The van der Waals surface area contributed by atoms with Crippen LogP contribution in [0.5, 0.6) is 0 Å². The van der Waals surface area contributed by atoms with Crippen molar-refractivity contribution in [3.05, 3.63) is 12.2 Å². The zero-order valence-corrected chi connectivity index (χ0v) is 37.7. The van der Waals surface area contributed by atoms with E-state index in [4.69, 9.17) is 0 Å². The van der Waals surface area contributed by atoms with Crippen molar-refractivity contribution in [3.63, 3.8) is 0 Å². The molecule has 0 saturated carbocycles. The van der Waals surface area contributed by atoms with E-state index >= 15 is 0 Å². The maximum absolute atomic E-state index is 12.5. The molecular weight excluding hydrogens is 695 g/mol. The minimum atomic E-state index is -1.28. The maximum Gasteiger partial charge on any atom is 0.249 e. The molecule has 6 nitrogen and oxygen atoms in total. The molecule has 0 aromatic carbocycles. The van der Waals surface area contributed by atoms with Gasteiger partial charge in [0.05, 0.1) is 18.8 Å². The number of aliphatic hydroxyl groups is 4. The summed E-state index contributed by atoms with van der Waals surface area (Å²) in [5.41, 5.74) is 0. The number of allylic oxidation sites excluding steroid dienone is 2. The first-order valence-corrected chi connectivity index (χ1v) is 25.1. The Labute approximate surface area is 349 Å². The lowest BCUT2D eigenvalue weighted by Crippen LogP contribution is -2.53. The van der Waals surface area contributed by atoms with Gasteiger partial charge in [0.1, 0.15) is 12.2 Å². The Bertz CT molecular complexity index is 806. The van der Waals surface area contributed by atoms with Crippen molar-refractivity contribution in [2.75, 3.05) is 6.61 Å². The Morgan fingerprint density at radius 1 is 0.429 bits per heavy atom. The molecule has 56 heavy (non-hydrogen) atoms. The number of carbonyl (C=O) groups excluding carboxylic acids is 1. The van der Waals surface area contributed by atoms with Crippen molar-refractivity contribution >= 4 is 5.91 Å². The predicted octanol–water partition coefficient (Wildman–Crippen LogP) is 13.7. The van der Waals surface area contributed by atoms with Crippen molar-refractivity contribution in [2.24, 2.45) is 0 Å². The van der Waals surface area contributed by atoms with E-state index in [-0.39, 0.29) is 0 Å². The molecule has 0 aliphatic carbocycles. The van der Waals surface area contributed by atoms with Crippen LogP contribution >= 0.6 is 0 Å². The topological polar surface area (TPSA) is 110 Å². The summed E-state index contributed by atoms with van der Waals surface area (Å²) >= 11 is 0. The highest BCUT2D eigenvalue weighted by molar-refractivity contribution is 5.80. The molecule has 4 atom stereocenters. The van der Waals surface area contributed by atoms with E-state index in [0.717, 1.165) is 38.5 Å². The fraction of sp³-hybridized carbons (Fsp3) is 0.940. The van der Waals surface area contributed by atoms with Crippen molar-refractivity contribution in [3.8, 4) is 0 Å². The molecule has 1 amide bonds. The van der Waals surface area contributed by atoms with E-state index in [2.05, 4.69) is 31.3 Å². The molecule has 0 aromatic heterocycles. The van der Waals surface area contributed by atoms with Gasteiger partial charge in [-0.2, -0.15) is 0 Å². The highest BCUT2D eigenvalue weighted by Crippen LogP contribution is 2.17. The van der Waals surface area contributed by atoms with Crippen LogP contribution in [0.3, 0.4) is 0 Å². The molecule has 334 valence electrons. The van der Waals surface area contributed by atoms with Crippen LogP contribution in [-0.2, 0) is 4.79 Å². The van der Waals surface area contributed by atoms with Crippen molar-refractivity contribution in [1.82, 2.24) is 5.32 Å². The molecule has 0 aliphatic heterocycles. The van der Waals surface area contributed by atoms with Crippen LogP contribution in [0.4, 0.5) is 0 Å². The fourth-order valence-electron chi connectivity index (χ4n) is 7.99. The summed E-state index contributed by atoms with van der Waals surface area (Å²) in [6.07, 6.45) is 51.2. The summed E-state index contributed by atoms with van der Waals surface area (Å²) in [5, 5.41) is 43.8. The Morgan fingerprint density at radius 3 is 1.07 bits per heavy atom. The van der Waals surface area contributed by atoms with E-state index in [9.17, 15) is 25.2 Å². The normalized spacial score (nSPS) is 14.0. The van der Waals surface area contributed by atoms with Gasteiger partial charge in [0.15, 0.2) is 0 Å². The van der Waals surface area contributed by atoms with Gasteiger partial charge in [0.2, 0.25) is 5.91 Å². The second-order valence-corrected chi connectivity index (χ2v) is 17.5. The third kappa shape index (κ3) is 38.6. The van der Waals surface area contributed by atoms with Gasteiger partial charge in [-0.1, -0.05) is 244 Å². The van der Waals surface area contributed by atoms with Crippen molar-refractivity contribution < 1.29 is 25.2 Å². The smallest absolute Gasteiger partial charge is 0.249 e. The third-order valence-electron chi connectivity index (χ3n) is 12.0. The Morgan fingerprint density at radius 2 is 0.732 bits per heavy atom. The molecule has 0 aliphatic rings. The minimum Gasteiger partial charge on any atom is -0.394 e. The molecule has 5 N–H and O–H groups in total. The van der Waals surface area contributed by atoms with Crippen LogP contribution in [0, 0.1) is 0 Å². The number of aliphatic hydroxyl groups excluding tert-OH is 4. The van der Waals surface area contributed by atoms with Crippen LogP contribution in [0.2, 0.25) is 0 Å². The second-order valence-electron chi connectivity index (χ2n) is 17.5. The van der Waals surface area contributed by atoms with Gasteiger partial charge in [-0.05, 0) is 38.5 Å². The Balaban J connectivity index is 3.67.